The molecule has 0 atom stereocenters. The Morgan fingerprint density at radius 2 is 1.88 bits per heavy atom. The van der Waals surface area contributed by atoms with Crippen LogP contribution < -0.4 is 5.73 Å². The smallest absolute Gasteiger partial charge is 0.0393 e. The summed E-state index contributed by atoms with van der Waals surface area (Å²) in [5.74, 6) is 0. The number of nitrogen functional groups attached to an aromatic ring is 1. The first kappa shape index (κ1) is 12.0. The molecule has 0 saturated heterocycles. The number of benzene rings is 1. The maximum Gasteiger partial charge on any atom is 0.0393 e. The topological polar surface area (TPSA) is 26.0 Å². The molecule has 0 aliphatic heterocycles. The van der Waals surface area contributed by atoms with Crippen LogP contribution >= 0.6 is 0 Å². The normalized spacial score (nSPS) is 15.8. The van der Waals surface area contributed by atoms with Gasteiger partial charge in [0.2, 0.25) is 0 Å². The molecule has 1 aliphatic rings. The van der Waals surface area contributed by atoms with E-state index < -0.39 is 0 Å². The summed E-state index contributed by atoms with van der Waals surface area (Å²) < 4.78 is 0. The van der Waals surface area contributed by atoms with Crippen molar-refractivity contribution in [3.05, 3.63) is 47.6 Å². The highest BCUT2D eigenvalue weighted by Crippen LogP contribution is 2.31. The molecule has 1 aromatic carbocycles. The lowest BCUT2D eigenvalue weighted by Crippen LogP contribution is -2.11. The Morgan fingerprint density at radius 1 is 1.12 bits per heavy atom. The van der Waals surface area contributed by atoms with Gasteiger partial charge < -0.3 is 5.73 Å². The quantitative estimate of drug-likeness (QED) is 0.711. The number of nitrogens with two attached hydrogens (primary N) is 1. The first-order chi connectivity index (χ1) is 7.98. The van der Waals surface area contributed by atoms with Crippen LogP contribution in [-0.4, -0.2) is 0 Å². The van der Waals surface area contributed by atoms with Gasteiger partial charge in [-0.3, -0.25) is 0 Å². The van der Waals surface area contributed by atoms with Crippen LogP contribution in [0.1, 0.15) is 44.7 Å². The highest BCUT2D eigenvalue weighted by Gasteiger charge is 2.16. The van der Waals surface area contributed by atoms with Crippen LogP contribution in [0, 0.1) is 0 Å². The summed E-state index contributed by atoms with van der Waals surface area (Å²) in [6, 6.07) is 6.39. The molecule has 0 amide bonds. The average Bonchev–Trinajstić information content (AvgIpc) is 2.29. The van der Waals surface area contributed by atoms with Crippen LogP contribution in [0.4, 0.5) is 5.69 Å². The lowest BCUT2D eigenvalue weighted by Gasteiger charge is -2.21. The zero-order valence-corrected chi connectivity index (χ0v) is 11.0. The van der Waals surface area contributed by atoms with Gasteiger partial charge in [-0.1, -0.05) is 45.1 Å². The molecule has 0 saturated carbocycles. The molecule has 0 fully saturated rings. The van der Waals surface area contributed by atoms with Gasteiger partial charge in [0.05, 0.1) is 0 Å². The van der Waals surface area contributed by atoms with E-state index >= 15 is 0 Å². The molecular weight excluding hydrogens is 206 g/mol. The second-order valence-corrected chi connectivity index (χ2v) is 5.69. The van der Waals surface area contributed by atoms with Gasteiger partial charge in [-0.05, 0) is 41.5 Å². The zero-order valence-electron chi connectivity index (χ0n) is 11.0. The molecule has 1 nitrogen and oxygen atoms in total. The van der Waals surface area contributed by atoms with E-state index in [0.29, 0.717) is 0 Å². The molecular formula is C16H21N. The first-order valence-electron chi connectivity index (χ1n) is 6.25. The van der Waals surface area contributed by atoms with E-state index in [1.54, 1.807) is 0 Å². The molecule has 0 unspecified atom stereocenters. The molecule has 17 heavy (non-hydrogen) atoms. The van der Waals surface area contributed by atoms with Gasteiger partial charge in [0.15, 0.2) is 0 Å². The third-order valence-corrected chi connectivity index (χ3v) is 3.23. The van der Waals surface area contributed by atoms with Crippen molar-refractivity contribution >= 4 is 11.3 Å². The molecule has 0 bridgehead atoms. The molecule has 0 radical (unpaired) electrons. The maximum atomic E-state index is 6.09. The lowest BCUT2D eigenvalue weighted by atomic mass is 9.84. The summed E-state index contributed by atoms with van der Waals surface area (Å²) in [4.78, 5) is 0. The fourth-order valence-electron chi connectivity index (χ4n) is 2.09. The molecule has 2 N–H and O–H groups in total. The fourth-order valence-corrected chi connectivity index (χ4v) is 2.09. The third-order valence-electron chi connectivity index (χ3n) is 3.23. The third kappa shape index (κ3) is 2.60. The summed E-state index contributed by atoms with van der Waals surface area (Å²) in [5, 5.41) is 0. The summed E-state index contributed by atoms with van der Waals surface area (Å²) in [6.45, 7) is 6.69. The summed E-state index contributed by atoms with van der Waals surface area (Å²) in [6.07, 6.45) is 8.94. The van der Waals surface area contributed by atoms with E-state index in [-0.39, 0.29) is 5.41 Å². The van der Waals surface area contributed by atoms with Crippen LogP contribution in [0.25, 0.3) is 5.57 Å². The van der Waals surface area contributed by atoms with Crippen molar-refractivity contribution in [1.82, 2.24) is 0 Å². The van der Waals surface area contributed by atoms with Crippen molar-refractivity contribution in [3.8, 4) is 0 Å². The van der Waals surface area contributed by atoms with Crippen LogP contribution in [0.15, 0.2) is 36.4 Å². The Hall–Kier alpha value is -1.50. The second kappa shape index (κ2) is 4.40. The van der Waals surface area contributed by atoms with Crippen molar-refractivity contribution < 1.29 is 0 Å². The van der Waals surface area contributed by atoms with Gasteiger partial charge >= 0.3 is 0 Å². The van der Waals surface area contributed by atoms with E-state index in [2.05, 4.69) is 51.1 Å². The largest absolute Gasteiger partial charge is 0.398 e. The SMILES string of the molecule is CC(C)(C)c1ccc(N)c(C2=CCCC=C2)c1. The predicted molar refractivity (Wildman–Crippen MR) is 75.9 cm³/mol. The van der Waals surface area contributed by atoms with Gasteiger partial charge in [-0.25, -0.2) is 0 Å². The summed E-state index contributed by atoms with van der Waals surface area (Å²) in [5.41, 5.74) is 10.9. The van der Waals surface area contributed by atoms with E-state index in [1.165, 1.54) is 16.7 Å². The van der Waals surface area contributed by atoms with Crippen LogP contribution in [0.2, 0.25) is 0 Å². The van der Waals surface area contributed by atoms with E-state index in [4.69, 9.17) is 5.73 Å². The molecule has 2 rings (SSSR count). The van der Waals surface area contributed by atoms with E-state index in [9.17, 15) is 0 Å². The lowest BCUT2D eigenvalue weighted by molar-refractivity contribution is 0.590. The molecule has 1 aliphatic carbocycles. The fraction of sp³-hybridized carbons (Fsp3) is 0.375. The molecule has 0 spiro atoms. The Bertz CT molecular complexity index is 473. The van der Waals surface area contributed by atoms with Gasteiger partial charge in [-0.15, -0.1) is 0 Å². The molecule has 90 valence electrons. The Morgan fingerprint density at radius 3 is 2.47 bits per heavy atom. The Labute approximate surface area is 104 Å². The number of hydrogen-bond acceptors (Lipinski definition) is 1. The van der Waals surface area contributed by atoms with E-state index in [1.807, 2.05) is 6.07 Å². The Kier molecular flexibility index (Phi) is 3.10. The minimum absolute atomic E-state index is 0.168. The number of anilines is 1. The van der Waals surface area contributed by atoms with Crippen molar-refractivity contribution in [3.63, 3.8) is 0 Å². The zero-order chi connectivity index (χ0) is 12.5. The van der Waals surface area contributed by atoms with E-state index in [0.717, 1.165) is 18.5 Å². The molecule has 1 aromatic rings. The average molecular weight is 227 g/mol. The highest BCUT2D eigenvalue weighted by atomic mass is 14.6. The van der Waals surface area contributed by atoms with Gasteiger partial charge in [-0.2, -0.15) is 0 Å². The number of hydrogen-bond donors (Lipinski definition) is 1. The van der Waals surface area contributed by atoms with Gasteiger partial charge in [0.1, 0.15) is 0 Å². The number of allylic oxidation sites excluding steroid dienone is 4. The Balaban J connectivity index is 2.46. The minimum Gasteiger partial charge on any atom is -0.398 e. The summed E-state index contributed by atoms with van der Waals surface area (Å²) in [7, 11) is 0. The maximum absolute atomic E-state index is 6.09. The van der Waals surface area contributed by atoms with Crippen molar-refractivity contribution in [2.45, 2.75) is 39.0 Å². The standard InChI is InChI=1S/C16H21N/c1-16(2,3)13-9-10-15(17)14(11-13)12-7-5-4-6-8-12/h5,7-11H,4,6,17H2,1-3H3. The monoisotopic (exact) mass is 227 g/mol. The van der Waals surface area contributed by atoms with Crippen LogP contribution in [0.5, 0.6) is 0 Å². The molecule has 0 heterocycles. The highest BCUT2D eigenvalue weighted by molar-refractivity contribution is 5.82. The minimum atomic E-state index is 0.168. The van der Waals surface area contributed by atoms with Gasteiger partial charge in [0.25, 0.3) is 0 Å². The van der Waals surface area contributed by atoms with Crippen molar-refractivity contribution in [2.24, 2.45) is 0 Å². The van der Waals surface area contributed by atoms with Crippen LogP contribution in [-0.2, 0) is 5.41 Å². The van der Waals surface area contributed by atoms with Crippen molar-refractivity contribution in [1.29, 1.82) is 0 Å². The van der Waals surface area contributed by atoms with Gasteiger partial charge in [0, 0.05) is 11.3 Å². The first-order valence-corrected chi connectivity index (χ1v) is 6.25. The molecule has 1 heteroatoms. The van der Waals surface area contributed by atoms with Crippen LogP contribution in [0.3, 0.4) is 0 Å². The van der Waals surface area contributed by atoms with Crippen molar-refractivity contribution in [2.75, 3.05) is 5.73 Å². The molecule has 0 aromatic heterocycles. The number of rotatable bonds is 1. The summed E-state index contributed by atoms with van der Waals surface area (Å²) >= 11 is 0. The predicted octanol–water partition coefficient (Wildman–Crippen LogP) is 4.30. The second-order valence-electron chi connectivity index (χ2n) is 5.69.